The average molecular weight is 239 g/mol. The van der Waals surface area contributed by atoms with Crippen LogP contribution in [0.2, 0.25) is 0 Å². The molecule has 0 aliphatic rings. The van der Waals surface area contributed by atoms with Crippen LogP contribution in [-0.4, -0.2) is 45.5 Å². The largest absolute Gasteiger partial charge is 0.491 e. The Morgan fingerprint density at radius 3 is 2.71 bits per heavy atom. The molecule has 5 nitrogen and oxygen atoms in total. The van der Waals surface area contributed by atoms with E-state index in [0.29, 0.717) is 24.5 Å². The number of carbonyl (C=O) groups excluding carboxylic acids is 1. The van der Waals surface area contributed by atoms with Gasteiger partial charge >= 0.3 is 0 Å². The minimum atomic E-state index is -0.218. The highest BCUT2D eigenvalue weighted by molar-refractivity contribution is 5.93. The van der Waals surface area contributed by atoms with E-state index in [9.17, 15) is 4.79 Å². The van der Waals surface area contributed by atoms with E-state index < -0.39 is 0 Å². The first-order chi connectivity index (χ1) is 8.19. The number of rotatable bonds is 6. The summed E-state index contributed by atoms with van der Waals surface area (Å²) in [6, 6.07) is 6.94. The molecule has 0 saturated heterocycles. The van der Waals surface area contributed by atoms with Gasteiger partial charge in [0, 0.05) is 19.7 Å². The van der Waals surface area contributed by atoms with E-state index in [1.54, 1.807) is 38.4 Å². The molecule has 1 aromatic rings. The van der Waals surface area contributed by atoms with Gasteiger partial charge in [-0.15, -0.1) is 0 Å². The van der Waals surface area contributed by atoms with Gasteiger partial charge in [0.2, 0.25) is 0 Å². The number of amides is 1. The van der Waals surface area contributed by atoms with Crippen LogP contribution in [0.3, 0.4) is 0 Å². The van der Waals surface area contributed by atoms with Crippen LogP contribution in [0.4, 0.5) is 0 Å². The van der Waals surface area contributed by atoms with E-state index in [1.165, 1.54) is 7.11 Å². The van der Waals surface area contributed by atoms with E-state index in [1.807, 2.05) is 0 Å². The molecule has 94 valence electrons. The molecule has 0 aromatic heterocycles. The first kappa shape index (κ1) is 13.5. The van der Waals surface area contributed by atoms with Gasteiger partial charge in [-0.1, -0.05) is 6.07 Å². The van der Waals surface area contributed by atoms with Crippen LogP contribution in [0.25, 0.3) is 0 Å². The maximum Gasteiger partial charge on any atom is 0.277 e. The van der Waals surface area contributed by atoms with Gasteiger partial charge < -0.3 is 9.47 Å². The molecule has 0 radical (unpaired) electrons. The van der Waals surface area contributed by atoms with Crippen LogP contribution in [0.5, 0.6) is 5.75 Å². The van der Waals surface area contributed by atoms with Crippen molar-refractivity contribution in [3.63, 3.8) is 0 Å². The fraction of sp³-hybridized carbons (Fsp3) is 0.417. The summed E-state index contributed by atoms with van der Waals surface area (Å²) < 4.78 is 10.3. The van der Waals surface area contributed by atoms with Gasteiger partial charge in [-0.2, -0.15) is 0 Å². The van der Waals surface area contributed by atoms with Gasteiger partial charge in [-0.05, 0) is 18.2 Å². The maximum atomic E-state index is 11.8. The highest BCUT2D eigenvalue weighted by atomic mass is 16.7. The normalized spacial score (nSPS) is 10.1. The van der Waals surface area contributed by atoms with Crippen molar-refractivity contribution in [2.45, 2.75) is 0 Å². The first-order valence-corrected chi connectivity index (χ1v) is 5.23. The lowest BCUT2D eigenvalue weighted by molar-refractivity contribution is -0.0757. The summed E-state index contributed by atoms with van der Waals surface area (Å²) in [7, 11) is 4.61. The van der Waals surface area contributed by atoms with Crippen molar-refractivity contribution in [3.05, 3.63) is 29.8 Å². The first-order valence-electron chi connectivity index (χ1n) is 5.23. The second-order valence-corrected chi connectivity index (χ2v) is 3.35. The fourth-order valence-electron chi connectivity index (χ4n) is 1.23. The summed E-state index contributed by atoms with van der Waals surface area (Å²) in [4.78, 5) is 16.6. The minimum Gasteiger partial charge on any atom is -0.491 e. The molecule has 5 heteroatoms. The predicted molar refractivity (Wildman–Crippen MR) is 62.9 cm³/mol. The number of methoxy groups -OCH3 is 1. The van der Waals surface area contributed by atoms with Gasteiger partial charge in [-0.3, -0.25) is 9.63 Å². The third kappa shape index (κ3) is 4.05. The van der Waals surface area contributed by atoms with Crippen LogP contribution in [0.1, 0.15) is 10.4 Å². The molecule has 0 unspecified atom stereocenters. The maximum absolute atomic E-state index is 11.8. The Morgan fingerprint density at radius 2 is 2.06 bits per heavy atom. The standard InChI is InChI=1S/C12H17NO4/c1-13(16-3)12(14)10-5-4-6-11(9-10)17-8-7-15-2/h4-6,9H,7-8H2,1-3H3. The van der Waals surface area contributed by atoms with E-state index in [2.05, 4.69) is 0 Å². The van der Waals surface area contributed by atoms with Crippen molar-refractivity contribution < 1.29 is 19.1 Å². The molecular weight excluding hydrogens is 222 g/mol. The van der Waals surface area contributed by atoms with E-state index in [-0.39, 0.29) is 5.91 Å². The third-order valence-electron chi connectivity index (χ3n) is 2.20. The monoisotopic (exact) mass is 239 g/mol. The molecule has 17 heavy (non-hydrogen) atoms. The molecule has 0 saturated carbocycles. The zero-order valence-electron chi connectivity index (χ0n) is 10.3. The van der Waals surface area contributed by atoms with Crippen molar-refractivity contribution in [3.8, 4) is 5.75 Å². The number of carbonyl (C=O) groups is 1. The third-order valence-corrected chi connectivity index (χ3v) is 2.20. The summed E-state index contributed by atoms with van der Waals surface area (Å²) in [5.74, 6) is 0.419. The Labute approximate surface area is 101 Å². The second kappa shape index (κ2) is 6.88. The fourth-order valence-corrected chi connectivity index (χ4v) is 1.23. The van der Waals surface area contributed by atoms with Crippen molar-refractivity contribution in [2.24, 2.45) is 0 Å². The molecular formula is C12H17NO4. The van der Waals surface area contributed by atoms with Gasteiger partial charge in [-0.25, -0.2) is 5.06 Å². The Bertz CT molecular complexity index is 367. The van der Waals surface area contributed by atoms with E-state index in [0.717, 1.165) is 5.06 Å². The SMILES string of the molecule is COCCOc1cccc(C(=O)N(C)OC)c1. The highest BCUT2D eigenvalue weighted by Crippen LogP contribution is 2.14. The Balaban J connectivity index is 2.68. The van der Waals surface area contributed by atoms with Crippen molar-refractivity contribution in [1.29, 1.82) is 0 Å². The number of hydrogen-bond donors (Lipinski definition) is 0. The molecule has 1 aromatic carbocycles. The smallest absolute Gasteiger partial charge is 0.277 e. The molecule has 0 spiro atoms. The molecule has 0 aliphatic heterocycles. The highest BCUT2D eigenvalue weighted by Gasteiger charge is 2.11. The topological polar surface area (TPSA) is 48.0 Å². The van der Waals surface area contributed by atoms with Crippen molar-refractivity contribution in [1.82, 2.24) is 5.06 Å². The quantitative estimate of drug-likeness (QED) is 0.555. The van der Waals surface area contributed by atoms with Crippen LogP contribution in [0, 0.1) is 0 Å². The molecule has 0 bridgehead atoms. The lowest BCUT2D eigenvalue weighted by atomic mass is 10.2. The summed E-state index contributed by atoms with van der Waals surface area (Å²) in [5, 5.41) is 1.16. The molecule has 1 rings (SSSR count). The van der Waals surface area contributed by atoms with Gasteiger partial charge in [0.05, 0.1) is 13.7 Å². The van der Waals surface area contributed by atoms with Gasteiger partial charge in [0.25, 0.3) is 5.91 Å². The Kier molecular flexibility index (Phi) is 5.45. The lowest BCUT2D eigenvalue weighted by Crippen LogP contribution is -2.25. The molecule has 0 N–H and O–H groups in total. The van der Waals surface area contributed by atoms with Crippen LogP contribution >= 0.6 is 0 Å². The molecule has 0 heterocycles. The summed E-state index contributed by atoms with van der Waals surface area (Å²) in [6.45, 7) is 0.963. The zero-order chi connectivity index (χ0) is 12.7. The van der Waals surface area contributed by atoms with Crippen molar-refractivity contribution >= 4 is 5.91 Å². The second-order valence-electron chi connectivity index (χ2n) is 3.35. The van der Waals surface area contributed by atoms with E-state index in [4.69, 9.17) is 14.3 Å². The number of benzene rings is 1. The average Bonchev–Trinajstić information content (AvgIpc) is 2.37. The Hall–Kier alpha value is -1.59. The number of nitrogens with zero attached hydrogens (tertiary/aromatic N) is 1. The Morgan fingerprint density at radius 1 is 1.29 bits per heavy atom. The van der Waals surface area contributed by atoms with Crippen LogP contribution < -0.4 is 4.74 Å². The van der Waals surface area contributed by atoms with E-state index >= 15 is 0 Å². The predicted octanol–water partition coefficient (Wildman–Crippen LogP) is 1.35. The van der Waals surface area contributed by atoms with Crippen LogP contribution in [0.15, 0.2) is 24.3 Å². The number of hydrogen-bond acceptors (Lipinski definition) is 4. The zero-order valence-corrected chi connectivity index (χ0v) is 10.3. The number of hydroxylamine groups is 2. The lowest BCUT2D eigenvalue weighted by Gasteiger charge is -2.14. The summed E-state index contributed by atoms with van der Waals surface area (Å²) in [6.07, 6.45) is 0. The summed E-state index contributed by atoms with van der Waals surface area (Å²) >= 11 is 0. The van der Waals surface area contributed by atoms with Gasteiger partial charge in [0.1, 0.15) is 12.4 Å². The summed E-state index contributed by atoms with van der Waals surface area (Å²) in [5.41, 5.74) is 0.518. The number of ether oxygens (including phenoxy) is 2. The molecule has 0 atom stereocenters. The van der Waals surface area contributed by atoms with Gasteiger partial charge in [0.15, 0.2) is 0 Å². The van der Waals surface area contributed by atoms with Crippen LogP contribution in [-0.2, 0) is 9.57 Å². The van der Waals surface area contributed by atoms with Crippen molar-refractivity contribution in [2.75, 3.05) is 34.5 Å². The molecule has 0 aliphatic carbocycles. The molecule has 1 amide bonds. The molecule has 0 fully saturated rings. The minimum absolute atomic E-state index is 0.218.